The van der Waals surface area contributed by atoms with E-state index in [9.17, 15) is 18.0 Å². The molecule has 1 N–H and O–H groups in total. The molecular formula is C20H23F3N2O3. The number of carbonyl (C=O) groups is 1. The maximum atomic E-state index is 12.9. The number of benzene rings is 1. The van der Waals surface area contributed by atoms with Gasteiger partial charge in [0, 0.05) is 11.6 Å². The zero-order valence-electron chi connectivity index (χ0n) is 15.8. The van der Waals surface area contributed by atoms with Crippen LogP contribution in [-0.2, 0) is 6.61 Å². The molecule has 1 aliphatic rings. The van der Waals surface area contributed by atoms with Gasteiger partial charge >= 0.3 is 6.18 Å². The third-order valence-electron chi connectivity index (χ3n) is 5.13. The van der Waals surface area contributed by atoms with Crippen LogP contribution in [0.2, 0.25) is 0 Å². The first-order valence-corrected chi connectivity index (χ1v) is 9.26. The summed E-state index contributed by atoms with van der Waals surface area (Å²) in [4.78, 5) is 12.5. The van der Waals surface area contributed by atoms with Crippen molar-refractivity contribution in [2.24, 2.45) is 5.92 Å². The molecular weight excluding hydrogens is 373 g/mol. The van der Waals surface area contributed by atoms with E-state index in [2.05, 4.69) is 10.5 Å². The van der Waals surface area contributed by atoms with Crippen molar-refractivity contribution in [1.82, 2.24) is 10.5 Å². The molecule has 28 heavy (non-hydrogen) atoms. The molecule has 1 aromatic carbocycles. The van der Waals surface area contributed by atoms with Gasteiger partial charge in [0.1, 0.15) is 18.1 Å². The summed E-state index contributed by atoms with van der Waals surface area (Å²) in [5.74, 6) is -0.584. The fourth-order valence-electron chi connectivity index (χ4n) is 3.48. The highest BCUT2D eigenvalue weighted by Crippen LogP contribution is 2.37. The Morgan fingerprint density at radius 1 is 1.32 bits per heavy atom. The van der Waals surface area contributed by atoms with E-state index in [0.717, 1.165) is 11.3 Å². The van der Waals surface area contributed by atoms with Crippen LogP contribution in [-0.4, -0.2) is 23.3 Å². The highest BCUT2D eigenvalue weighted by molar-refractivity contribution is 5.94. The van der Waals surface area contributed by atoms with Crippen molar-refractivity contribution >= 4 is 5.91 Å². The number of hydrogen-bond donors (Lipinski definition) is 1. The van der Waals surface area contributed by atoms with Gasteiger partial charge in [0.15, 0.2) is 0 Å². The van der Waals surface area contributed by atoms with Gasteiger partial charge in [0.05, 0.1) is 17.2 Å². The standard InChI is InChI=1S/C20H23F3N2O3/c1-12-18(13(2)28-25-12)11-27-17-8-3-5-14(9-17)19(26)24-16-7-4-6-15(10-16)20(21,22)23/h3,5,8-9,15-16H,4,6-7,10-11H2,1-2H3,(H,24,26)/t15-,16+/m0/s1. The lowest BCUT2D eigenvalue weighted by Gasteiger charge is -2.31. The van der Waals surface area contributed by atoms with Crippen molar-refractivity contribution < 1.29 is 27.2 Å². The van der Waals surface area contributed by atoms with Crippen LogP contribution >= 0.6 is 0 Å². The fourth-order valence-corrected chi connectivity index (χ4v) is 3.48. The lowest BCUT2D eigenvalue weighted by molar-refractivity contribution is -0.183. The molecule has 1 aromatic heterocycles. The summed E-state index contributed by atoms with van der Waals surface area (Å²) in [6.07, 6.45) is -3.15. The number of carbonyl (C=O) groups excluding carboxylic acids is 1. The van der Waals surface area contributed by atoms with Gasteiger partial charge in [-0.1, -0.05) is 17.6 Å². The topological polar surface area (TPSA) is 64.4 Å². The Balaban J connectivity index is 1.61. The van der Waals surface area contributed by atoms with Crippen LogP contribution in [0.4, 0.5) is 13.2 Å². The minimum Gasteiger partial charge on any atom is -0.489 e. The van der Waals surface area contributed by atoms with Gasteiger partial charge in [-0.2, -0.15) is 13.2 Å². The lowest BCUT2D eigenvalue weighted by atomic mass is 9.85. The normalized spacial score (nSPS) is 20.0. The maximum absolute atomic E-state index is 12.9. The van der Waals surface area contributed by atoms with E-state index >= 15 is 0 Å². The smallest absolute Gasteiger partial charge is 0.391 e. The number of nitrogens with zero attached hydrogens (tertiary/aromatic N) is 1. The molecule has 0 radical (unpaired) electrons. The summed E-state index contributed by atoms with van der Waals surface area (Å²) >= 11 is 0. The predicted molar refractivity (Wildman–Crippen MR) is 96.0 cm³/mol. The lowest BCUT2D eigenvalue weighted by Crippen LogP contribution is -2.41. The second-order valence-corrected chi connectivity index (χ2v) is 7.19. The van der Waals surface area contributed by atoms with E-state index in [0.29, 0.717) is 29.9 Å². The predicted octanol–water partition coefficient (Wildman–Crippen LogP) is 4.72. The minimum atomic E-state index is -4.21. The van der Waals surface area contributed by atoms with Crippen LogP contribution in [0.3, 0.4) is 0 Å². The molecule has 1 heterocycles. The van der Waals surface area contributed by atoms with Crippen molar-refractivity contribution in [3.8, 4) is 5.75 Å². The molecule has 0 aliphatic heterocycles. The first kappa shape index (κ1) is 20.2. The van der Waals surface area contributed by atoms with E-state index in [-0.39, 0.29) is 19.4 Å². The van der Waals surface area contributed by atoms with Gasteiger partial charge in [-0.3, -0.25) is 4.79 Å². The molecule has 3 rings (SSSR count). The Bertz CT molecular complexity index is 813. The zero-order valence-corrected chi connectivity index (χ0v) is 15.8. The average molecular weight is 396 g/mol. The highest BCUT2D eigenvalue weighted by atomic mass is 19.4. The first-order valence-electron chi connectivity index (χ1n) is 9.26. The number of halogens is 3. The first-order chi connectivity index (χ1) is 13.2. The van der Waals surface area contributed by atoms with Gasteiger partial charge in [-0.05, 0) is 51.3 Å². The van der Waals surface area contributed by atoms with Crippen molar-refractivity contribution in [1.29, 1.82) is 0 Å². The van der Waals surface area contributed by atoms with Crippen molar-refractivity contribution in [3.05, 3.63) is 46.8 Å². The monoisotopic (exact) mass is 396 g/mol. The van der Waals surface area contributed by atoms with Gasteiger partial charge in [0.2, 0.25) is 0 Å². The molecule has 2 atom stereocenters. The molecule has 0 spiro atoms. The average Bonchev–Trinajstić information content (AvgIpc) is 2.97. The number of ether oxygens (including phenoxy) is 1. The van der Waals surface area contributed by atoms with Crippen LogP contribution in [0.15, 0.2) is 28.8 Å². The molecule has 1 fully saturated rings. The molecule has 1 saturated carbocycles. The molecule has 0 saturated heterocycles. The third kappa shape index (κ3) is 4.85. The second kappa shape index (κ2) is 8.24. The quantitative estimate of drug-likeness (QED) is 0.794. The number of aryl methyl sites for hydroxylation is 2. The number of rotatable bonds is 5. The molecule has 2 aromatic rings. The molecule has 8 heteroatoms. The van der Waals surface area contributed by atoms with Gasteiger partial charge < -0.3 is 14.6 Å². The molecule has 0 unspecified atom stereocenters. The third-order valence-corrected chi connectivity index (χ3v) is 5.13. The van der Waals surface area contributed by atoms with Crippen LogP contribution in [0.1, 0.15) is 53.1 Å². The Morgan fingerprint density at radius 3 is 2.79 bits per heavy atom. The largest absolute Gasteiger partial charge is 0.489 e. The van der Waals surface area contributed by atoms with E-state index in [1.807, 2.05) is 6.92 Å². The molecule has 1 amide bonds. The van der Waals surface area contributed by atoms with Crippen molar-refractivity contribution in [2.75, 3.05) is 0 Å². The molecule has 152 valence electrons. The molecule has 0 bridgehead atoms. The van der Waals surface area contributed by atoms with Gasteiger partial charge in [-0.25, -0.2) is 0 Å². The zero-order chi connectivity index (χ0) is 20.3. The summed E-state index contributed by atoms with van der Waals surface area (Å²) in [5.41, 5.74) is 1.93. The summed E-state index contributed by atoms with van der Waals surface area (Å²) in [7, 11) is 0. The van der Waals surface area contributed by atoms with E-state index in [1.165, 1.54) is 0 Å². The van der Waals surface area contributed by atoms with E-state index in [4.69, 9.17) is 9.26 Å². The van der Waals surface area contributed by atoms with Gasteiger partial charge in [0.25, 0.3) is 5.91 Å². The second-order valence-electron chi connectivity index (χ2n) is 7.19. The Hall–Kier alpha value is -2.51. The number of alkyl halides is 3. The highest BCUT2D eigenvalue weighted by Gasteiger charge is 2.42. The van der Waals surface area contributed by atoms with E-state index in [1.54, 1.807) is 31.2 Å². The van der Waals surface area contributed by atoms with E-state index < -0.39 is 24.0 Å². The number of aromatic nitrogens is 1. The Labute approximate surface area is 161 Å². The van der Waals surface area contributed by atoms with Gasteiger partial charge in [-0.15, -0.1) is 0 Å². The van der Waals surface area contributed by atoms with Crippen LogP contribution in [0.5, 0.6) is 5.75 Å². The number of hydrogen-bond acceptors (Lipinski definition) is 4. The minimum absolute atomic E-state index is 0.0720. The van der Waals surface area contributed by atoms with Crippen molar-refractivity contribution in [2.45, 2.75) is 58.4 Å². The number of nitrogens with one attached hydrogen (secondary N) is 1. The van der Waals surface area contributed by atoms with Crippen LogP contribution < -0.4 is 10.1 Å². The SMILES string of the molecule is Cc1noc(C)c1COc1cccc(C(=O)N[C@@H]2CCC[C@H](C(F)(F)F)C2)c1. The number of amides is 1. The Morgan fingerprint density at radius 2 is 2.11 bits per heavy atom. The summed E-state index contributed by atoms with van der Waals surface area (Å²) < 4.78 is 49.7. The Kier molecular flexibility index (Phi) is 5.96. The molecule has 1 aliphatic carbocycles. The summed E-state index contributed by atoms with van der Waals surface area (Å²) in [5, 5.41) is 6.60. The van der Waals surface area contributed by atoms with Crippen LogP contribution in [0, 0.1) is 19.8 Å². The van der Waals surface area contributed by atoms with Crippen LogP contribution in [0.25, 0.3) is 0 Å². The molecule has 5 nitrogen and oxygen atoms in total. The maximum Gasteiger partial charge on any atom is 0.391 e. The summed E-state index contributed by atoms with van der Waals surface area (Å²) in [6.45, 7) is 3.86. The summed E-state index contributed by atoms with van der Waals surface area (Å²) in [6, 6.07) is 6.12. The fraction of sp³-hybridized carbons (Fsp3) is 0.500. The van der Waals surface area contributed by atoms with Crippen molar-refractivity contribution in [3.63, 3.8) is 0 Å².